The summed E-state index contributed by atoms with van der Waals surface area (Å²) < 4.78 is 5.33. The lowest BCUT2D eigenvalue weighted by Crippen LogP contribution is -2.23. The van der Waals surface area contributed by atoms with E-state index in [-0.39, 0.29) is 11.5 Å². The Hall–Kier alpha value is -2.70. The number of nitrogens with one attached hydrogen (secondary N) is 2. The van der Waals surface area contributed by atoms with Gasteiger partial charge >= 0.3 is 0 Å². The molecule has 1 aromatic heterocycles. The Morgan fingerprint density at radius 3 is 3.05 bits per heavy atom. The molecule has 0 amide bonds. The number of hydrogen-bond acceptors (Lipinski definition) is 6. The number of methoxy groups -OCH3 is 1. The Morgan fingerprint density at radius 1 is 1.45 bits per heavy atom. The van der Waals surface area contributed by atoms with Gasteiger partial charge in [0.1, 0.15) is 11.4 Å². The maximum Gasteiger partial charge on any atom is 0.277 e. The van der Waals surface area contributed by atoms with Crippen molar-refractivity contribution in [3.63, 3.8) is 0 Å². The van der Waals surface area contributed by atoms with Crippen molar-refractivity contribution in [3.8, 4) is 5.75 Å². The maximum atomic E-state index is 11.8. The fraction of sp³-hybridized carbons (Fsp3) is 0.231. The molecule has 7 heteroatoms. The quantitative estimate of drug-likeness (QED) is 0.763. The second kappa shape index (κ2) is 4.76. The van der Waals surface area contributed by atoms with E-state index in [1.165, 1.54) is 0 Å². The molecule has 4 N–H and O–H groups in total. The second-order valence-corrected chi connectivity index (χ2v) is 4.49. The van der Waals surface area contributed by atoms with E-state index in [0.29, 0.717) is 24.7 Å². The lowest BCUT2D eigenvalue weighted by atomic mass is 10.2. The van der Waals surface area contributed by atoms with Gasteiger partial charge in [0.2, 0.25) is 5.95 Å². The first-order valence-electron chi connectivity index (χ1n) is 6.19. The van der Waals surface area contributed by atoms with Crippen molar-refractivity contribution in [2.45, 2.75) is 6.54 Å². The molecule has 0 bridgehead atoms. The number of anilines is 3. The third-order valence-electron chi connectivity index (χ3n) is 3.22. The summed E-state index contributed by atoms with van der Waals surface area (Å²) in [6.07, 6.45) is 0. The van der Waals surface area contributed by atoms with Gasteiger partial charge in [-0.05, 0) is 6.07 Å². The Morgan fingerprint density at radius 2 is 2.25 bits per heavy atom. The smallest absolute Gasteiger partial charge is 0.277 e. The molecule has 0 fully saturated rings. The fourth-order valence-electron chi connectivity index (χ4n) is 2.29. The van der Waals surface area contributed by atoms with E-state index in [2.05, 4.69) is 15.3 Å². The van der Waals surface area contributed by atoms with Crippen LogP contribution in [0.5, 0.6) is 5.75 Å². The summed E-state index contributed by atoms with van der Waals surface area (Å²) in [6.45, 7) is 1.09. The zero-order valence-corrected chi connectivity index (χ0v) is 11.0. The summed E-state index contributed by atoms with van der Waals surface area (Å²) in [5, 5.41) is 3.03. The number of benzene rings is 1. The van der Waals surface area contributed by atoms with E-state index in [0.717, 1.165) is 11.3 Å². The van der Waals surface area contributed by atoms with Gasteiger partial charge in [0.05, 0.1) is 13.8 Å². The van der Waals surface area contributed by atoms with Crippen LogP contribution in [-0.4, -0.2) is 23.7 Å². The highest BCUT2D eigenvalue weighted by Crippen LogP contribution is 2.29. The summed E-state index contributed by atoms with van der Waals surface area (Å²) in [4.78, 5) is 20.4. The van der Waals surface area contributed by atoms with Crippen molar-refractivity contribution >= 4 is 17.5 Å². The first kappa shape index (κ1) is 12.3. The number of fused-ring (bicyclic) bond motifs is 1. The zero-order valence-electron chi connectivity index (χ0n) is 11.0. The number of nitrogens with zero attached hydrogens (tertiary/aromatic N) is 2. The van der Waals surface area contributed by atoms with Gasteiger partial charge in [0.15, 0.2) is 5.82 Å². The first-order valence-corrected chi connectivity index (χ1v) is 6.19. The van der Waals surface area contributed by atoms with Crippen molar-refractivity contribution in [3.05, 3.63) is 40.2 Å². The van der Waals surface area contributed by atoms with Crippen molar-refractivity contribution < 1.29 is 4.74 Å². The van der Waals surface area contributed by atoms with Gasteiger partial charge in [-0.2, -0.15) is 4.98 Å². The minimum atomic E-state index is -0.255. The van der Waals surface area contributed by atoms with Gasteiger partial charge in [-0.15, -0.1) is 0 Å². The van der Waals surface area contributed by atoms with Crippen molar-refractivity contribution in [2.75, 3.05) is 29.7 Å². The molecule has 104 valence electrons. The average molecular weight is 273 g/mol. The van der Waals surface area contributed by atoms with Crippen molar-refractivity contribution in [1.29, 1.82) is 0 Å². The molecular weight excluding hydrogens is 258 g/mol. The minimum absolute atomic E-state index is 0.113. The van der Waals surface area contributed by atoms with Gasteiger partial charge in [-0.1, -0.05) is 18.2 Å². The Balaban J connectivity index is 1.94. The van der Waals surface area contributed by atoms with Gasteiger partial charge in [0, 0.05) is 12.1 Å². The van der Waals surface area contributed by atoms with E-state index in [1.807, 2.05) is 29.2 Å². The molecule has 0 spiro atoms. The van der Waals surface area contributed by atoms with E-state index >= 15 is 0 Å². The van der Waals surface area contributed by atoms with E-state index < -0.39 is 0 Å². The van der Waals surface area contributed by atoms with E-state index in [9.17, 15) is 4.79 Å². The predicted molar refractivity (Wildman–Crippen MR) is 76.9 cm³/mol. The van der Waals surface area contributed by atoms with Gasteiger partial charge in [-0.25, -0.2) is 0 Å². The molecule has 20 heavy (non-hydrogen) atoms. The lowest BCUT2D eigenvalue weighted by molar-refractivity contribution is 0.409. The van der Waals surface area contributed by atoms with Crippen LogP contribution in [0.25, 0.3) is 0 Å². The van der Waals surface area contributed by atoms with Crippen LogP contribution in [0.2, 0.25) is 0 Å². The highest BCUT2D eigenvalue weighted by Gasteiger charge is 2.24. The Bertz CT molecular complexity index is 697. The Kier molecular flexibility index (Phi) is 2.94. The summed E-state index contributed by atoms with van der Waals surface area (Å²) in [5.41, 5.74) is 6.81. The molecule has 0 atom stereocenters. The van der Waals surface area contributed by atoms with Gasteiger partial charge < -0.3 is 20.7 Å². The Labute approximate surface area is 115 Å². The lowest BCUT2D eigenvalue weighted by Gasteiger charge is -2.18. The number of H-pyrrole nitrogens is 1. The van der Waals surface area contributed by atoms with E-state index in [4.69, 9.17) is 10.5 Å². The third-order valence-corrected chi connectivity index (χ3v) is 3.22. The molecule has 2 heterocycles. The van der Waals surface area contributed by atoms with Crippen LogP contribution >= 0.6 is 0 Å². The monoisotopic (exact) mass is 273 g/mol. The average Bonchev–Trinajstić information content (AvgIpc) is 2.83. The van der Waals surface area contributed by atoms with Crippen LogP contribution in [0.15, 0.2) is 29.1 Å². The van der Waals surface area contributed by atoms with Crippen LogP contribution in [0.4, 0.5) is 17.5 Å². The molecule has 0 unspecified atom stereocenters. The second-order valence-electron chi connectivity index (χ2n) is 4.49. The van der Waals surface area contributed by atoms with E-state index in [1.54, 1.807) is 7.11 Å². The molecule has 0 aliphatic carbocycles. The number of nitrogens with two attached hydrogens (primary N) is 1. The minimum Gasteiger partial charge on any atom is -0.496 e. The number of aromatic nitrogens is 2. The largest absolute Gasteiger partial charge is 0.496 e. The highest BCUT2D eigenvalue weighted by atomic mass is 16.5. The maximum absolute atomic E-state index is 11.8. The fourth-order valence-corrected chi connectivity index (χ4v) is 2.29. The molecule has 3 rings (SSSR count). The number of nitrogen functional groups attached to an aromatic ring is 1. The predicted octanol–water partition coefficient (Wildman–Crippen LogP) is 0.750. The van der Waals surface area contributed by atoms with Gasteiger partial charge in [-0.3, -0.25) is 9.78 Å². The molecule has 2 aromatic rings. The number of rotatable bonds is 3. The first-order chi connectivity index (χ1) is 9.69. The standard InChI is InChI=1S/C13H15N5O2/c1-20-9-5-3-2-4-8(9)6-18-7-15-10-11(18)16-13(14)17-12(10)19/h2-5,15H,6-7H2,1H3,(H3,14,16,17,19). The van der Waals surface area contributed by atoms with Crippen LogP contribution in [0.1, 0.15) is 5.56 Å². The number of ether oxygens (including phenoxy) is 1. The van der Waals surface area contributed by atoms with Crippen LogP contribution in [0.3, 0.4) is 0 Å². The summed E-state index contributed by atoms with van der Waals surface area (Å²) in [5.74, 6) is 1.48. The molecule has 1 aromatic carbocycles. The molecule has 1 aliphatic rings. The summed E-state index contributed by atoms with van der Waals surface area (Å²) >= 11 is 0. The zero-order chi connectivity index (χ0) is 14.1. The topological polar surface area (TPSA) is 96.3 Å². The SMILES string of the molecule is COc1ccccc1CN1CNc2c1nc(N)[nH]c2=O. The van der Waals surface area contributed by atoms with Crippen LogP contribution in [-0.2, 0) is 6.54 Å². The molecular formula is C13H15N5O2. The van der Waals surface area contributed by atoms with Gasteiger partial charge in [0.25, 0.3) is 5.56 Å². The third kappa shape index (κ3) is 2.03. The number of aromatic amines is 1. The summed E-state index contributed by atoms with van der Waals surface area (Å²) in [7, 11) is 1.63. The molecule has 0 saturated carbocycles. The van der Waals surface area contributed by atoms with Crippen LogP contribution < -0.4 is 26.2 Å². The number of para-hydroxylation sites is 1. The molecule has 0 saturated heterocycles. The summed E-state index contributed by atoms with van der Waals surface area (Å²) in [6, 6.07) is 7.74. The van der Waals surface area contributed by atoms with Crippen molar-refractivity contribution in [1.82, 2.24) is 9.97 Å². The number of hydrogen-bond donors (Lipinski definition) is 3. The highest BCUT2D eigenvalue weighted by molar-refractivity contribution is 5.70. The molecule has 0 radical (unpaired) electrons. The van der Waals surface area contributed by atoms with Crippen molar-refractivity contribution in [2.24, 2.45) is 0 Å². The molecule has 7 nitrogen and oxygen atoms in total. The molecule has 1 aliphatic heterocycles. The van der Waals surface area contributed by atoms with Crippen LogP contribution in [0, 0.1) is 0 Å². The normalized spacial score (nSPS) is 12.9.